The van der Waals surface area contributed by atoms with Gasteiger partial charge in [0.1, 0.15) is 0 Å². The van der Waals surface area contributed by atoms with Crippen molar-refractivity contribution in [3.8, 4) is 0 Å². The van der Waals surface area contributed by atoms with E-state index in [-0.39, 0.29) is 0 Å². The molecule has 0 saturated heterocycles. The van der Waals surface area contributed by atoms with Crippen LogP contribution >= 0.6 is 0 Å². The maximum Gasteiger partial charge on any atom is 0.210 e. The molecule has 0 unspecified atom stereocenters. The fourth-order valence-electron chi connectivity index (χ4n) is 1.84. The van der Waals surface area contributed by atoms with E-state index in [4.69, 9.17) is 5.64 Å². The van der Waals surface area contributed by atoms with Gasteiger partial charge in [-0.25, -0.2) is 0 Å². The van der Waals surface area contributed by atoms with Crippen molar-refractivity contribution in [1.82, 2.24) is 0 Å². The molecule has 2 rings (SSSR count). The molecular formula is C13H14BN. The van der Waals surface area contributed by atoms with Gasteiger partial charge < -0.3 is 5.64 Å². The Hall–Kier alpha value is -1.54. The van der Waals surface area contributed by atoms with Crippen molar-refractivity contribution < 1.29 is 0 Å². The van der Waals surface area contributed by atoms with Gasteiger partial charge in [0.05, 0.1) is 0 Å². The van der Waals surface area contributed by atoms with E-state index in [0.29, 0.717) is 13.2 Å². The van der Waals surface area contributed by atoms with Crippen molar-refractivity contribution >= 4 is 7.41 Å². The minimum absolute atomic E-state index is 0.312. The van der Waals surface area contributed by atoms with Crippen molar-refractivity contribution in [2.24, 2.45) is 5.64 Å². The molecule has 0 aliphatic rings. The first-order valence-electron chi connectivity index (χ1n) is 5.22. The predicted octanol–water partition coefficient (Wildman–Crippen LogP) is 2.09. The average molecular weight is 195 g/mol. The zero-order chi connectivity index (χ0) is 10.5. The molecule has 0 fully saturated rings. The Kier molecular flexibility index (Phi) is 3.20. The summed E-state index contributed by atoms with van der Waals surface area (Å²) in [6.07, 6.45) is 0. The zero-order valence-electron chi connectivity index (χ0n) is 8.64. The van der Waals surface area contributed by atoms with Gasteiger partial charge in [-0.15, -0.1) is 0 Å². The monoisotopic (exact) mass is 195 g/mol. The molecule has 0 aliphatic heterocycles. The molecule has 0 bridgehead atoms. The van der Waals surface area contributed by atoms with Gasteiger partial charge in [0.2, 0.25) is 7.41 Å². The van der Waals surface area contributed by atoms with Crippen LogP contribution in [0.4, 0.5) is 0 Å². The molecule has 74 valence electrons. The number of rotatable bonds is 3. The molecule has 0 saturated carbocycles. The summed E-state index contributed by atoms with van der Waals surface area (Å²) in [4.78, 5) is 0. The summed E-state index contributed by atoms with van der Waals surface area (Å²) >= 11 is 0. The Morgan fingerprint density at radius 3 is 1.47 bits per heavy atom. The summed E-state index contributed by atoms with van der Waals surface area (Å²) in [7, 11) is 0.647. The largest absolute Gasteiger partial charge is 0.372 e. The molecule has 0 aliphatic carbocycles. The second kappa shape index (κ2) is 4.81. The first-order valence-corrected chi connectivity index (χ1v) is 5.22. The molecule has 0 amide bonds. The summed E-state index contributed by atoms with van der Waals surface area (Å²) in [5, 5.41) is 0. The van der Waals surface area contributed by atoms with Crippen molar-refractivity contribution in [3.63, 3.8) is 0 Å². The van der Waals surface area contributed by atoms with Crippen LogP contribution < -0.4 is 5.64 Å². The predicted molar refractivity (Wildman–Crippen MR) is 66.1 cm³/mol. The molecule has 0 radical (unpaired) electrons. The topological polar surface area (TPSA) is 26.0 Å². The highest BCUT2D eigenvalue weighted by atomic mass is 14.4. The van der Waals surface area contributed by atoms with Crippen molar-refractivity contribution in [2.45, 2.75) is 5.82 Å². The molecule has 0 atom stereocenters. The van der Waals surface area contributed by atoms with Gasteiger partial charge in [-0.05, 0) is 16.9 Å². The highest BCUT2D eigenvalue weighted by Crippen LogP contribution is 2.21. The van der Waals surface area contributed by atoms with E-state index in [9.17, 15) is 0 Å². The van der Waals surface area contributed by atoms with E-state index in [1.54, 1.807) is 0 Å². The first kappa shape index (κ1) is 10.00. The van der Waals surface area contributed by atoms with Crippen LogP contribution in [0.25, 0.3) is 0 Å². The Morgan fingerprint density at radius 1 is 0.733 bits per heavy atom. The highest BCUT2D eigenvalue weighted by Gasteiger charge is 2.12. The second-order valence-electron chi connectivity index (χ2n) is 3.61. The summed E-state index contributed by atoms with van der Waals surface area (Å²) < 4.78 is 0. The third-order valence-electron chi connectivity index (χ3n) is 2.64. The molecule has 2 aromatic rings. The average Bonchev–Trinajstić information content (AvgIpc) is 2.33. The molecule has 0 heterocycles. The summed E-state index contributed by atoms with van der Waals surface area (Å²) in [5.41, 5.74) is 8.40. The van der Waals surface area contributed by atoms with Crippen LogP contribution in [0.5, 0.6) is 0 Å². The van der Waals surface area contributed by atoms with Gasteiger partial charge in [0.15, 0.2) is 0 Å². The van der Waals surface area contributed by atoms with Crippen LogP contribution in [0.2, 0.25) is 0 Å². The van der Waals surface area contributed by atoms with Gasteiger partial charge in [0, 0.05) is 0 Å². The highest BCUT2D eigenvalue weighted by molar-refractivity contribution is 6.34. The smallest absolute Gasteiger partial charge is 0.210 e. The van der Waals surface area contributed by atoms with Crippen molar-refractivity contribution in [3.05, 3.63) is 71.8 Å². The third kappa shape index (κ3) is 2.28. The number of benzene rings is 2. The van der Waals surface area contributed by atoms with Crippen LogP contribution in [0.15, 0.2) is 60.7 Å². The maximum atomic E-state index is 5.84. The summed E-state index contributed by atoms with van der Waals surface area (Å²) in [6.45, 7) is 0. The Labute approximate surface area is 91.2 Å². The third-order valence-corrected chi connectivity index (χ3v) is 2.64. The number of hydrogen-bond acceptors (Lipinski definition) is 1. The minimum atomic E-state index is 0.312. The molecular weight excluding hydrogens is 181 g/mol. The van der Waals surface area contributed by atoms with Crippen LogP contribution in [0, 0.1) is 0 Å². The molecule has 0 spiro atoms. The van der Waals surface area contributed by atoms with Gasteiger partial charge in [-0.2, -0.15) is 0 Å². The SMILES string of the molecule is NBC(c1ccccc1)c1ccccc1. The van der Waals surface area contributed by atoms with E-state index in [2.05, 4.69) is 48.5 Å². The summed E-state index contributed by atoms with van der Waals surface area (Å²) in [6, 6.07) is 20.8. The second-order valence-corrected chi connectivity index (χ2v) is 3.61. The van der Waals surface area contributed by atoms with Gasteiger partial charge >= 0.3 is 0 Å². The van der Waals surface area contributed by atoms with Crippen LogP contribution in [0.3, 0.4) is 0 Å². The molecule has 2 aromatic carbocycles. The van der Waals surface area contributed by atoms with Gasteiger partial charge in [0.25, 0.3) is 0 Å². The van der Waals surface area contributed by atoms with Gasteiger partial charge in [-0.1, -0.05) is 60.7 Å². The van der Waals surface area contributed by atoms with Gasteiger partial charge in [-0.3, -0.25) is 0 Å². The van der Waals surface area contributed by atoms with Crippen molar-refractivity contribution in [2.75, 3.05) is 0 Å². The Morgan fingerprint density at radius 2 is 1.13 bits per heavy atom. The Balaban J connectivity index is 2.34. The standard InChI is InChI=1S/C13H14BN/c15-14-13(11-7-3-1-4-8-11)12-9-5-2-6-10-12/h1-10,13-14H,15H2. The number of nitrogens with two attached hydrogens (primary N) is 1. The summed E-state index contributed by atoms with van der Waals surface area (Å²) in [5.74, 6) is 0.312. The van der Waals surface area contributed by atoms with E-state index < -0.39 is 0 Å². The molecule has 1 nitrogen and oxygen atoms in total. The lowest BCUT2D eigenvalue weighted by Crippen LogP contribution is -2.18. The van der Waals surface area contributed by atoms with Crippen molar-refractivity contribution in [1.29, 1.82) is 0 Å². The lowest BCUT2D eigenvalue weighted by molar-refractivity contribution is 1.12. The van der Waals surface area contributed by atoms with Crippen LogP contribution in [-0.4, -0.2) is 7.41 Å². The maximum absolute atomic E-state index is 5.84. The molecule has 2 N–H and O–H groups in total. The Bertz CT molecular complexity index is 360. The molecule has 15 heavy (non-hydrogen) atoms. The fourth-order valence-corrected chi connectivity index (χ4v) is 1.84. The minimum Gasteiger partial charge on any atom is -0.372 e. The first-order chi connectivity index (χ1) is 7.42. The quantitative estimate of drug-likeness (QED) is 0.745. The normalized spacial score (nSPS) is 10.3. The van der Waals surface area contributed by atoms with E-state index >= 15 is 0 Å². The fraction of sp³-hybridized carbons (Fsp3) is 0.0769. The molecule has 2 heteroatoms. The van der Waals surface area contributed by atoms with E-state index in [1.807, 2.05) is 12.1 Å². The van der Waals surface area contributed by atoms with Crippen LogP contribution in [-0.2, 0) is 0 Å². The van der Waals surface area contributed by atoms with Crippen LogP contribution in [0.1, 0.15) is 16.9 Å². The lowest BCUT2D eigenvalue weighted by Gasteiger charge is -2.14. The molecule has 0 aromatic heterocycles. The van der Waals surface area contributed by atoms with E-state index in [1.165, 1.54) is 11.1 Å². The lowest BCUT2D eigenvalue weighted by atomic mass is 9.68. The van der Waals surface area contributed by atoms with E-state index in [0.717, 1.165) is 0 Å². The number of hydrogen-bond donors (Lipinski definition) is 1. The zero-order valence-corrected chi connectivity index (χ0v) is 8.64.